The van der Waals surface area contributed by atoms with Crippen molar-refractivity contribution in [3.8, 4) is 30.4 Å². The number of rotatable bonds is 5. The molecule has 0 bridgehead atoms. The molecule has 1 aromatic heterocycles. The zero-order valence-electron chi connectivity index (χ0n) is 13.8. The lowest BCUT2D eigenvalue weighted by Gasteiger charge is -2.23. The monoisotopic (exact) mass is 338 g/mol. The molecular formula is C19H18N2O2S. The predicted octanol–water partition coefficient (Wildman–Crippen LogP) is 2.81. The van der Waals surface area contributed by atoms with E-state index in [2.05, 4.69) is 22.1 Å². The quantitative estimate of drug-likeness (QED) is 0.673. The summed E-state index contributed by atoms with van der Waals surface area (Å²) < 4.78 is 5.80. The second kappa shape index (κ2) is 7.29. The van der Waals surface area contributed by atoms with Crippen molar-refractivity contribution in [2.75, 3.05) is 6.26 Å². The number of carbonyl (C=O) groups excluding carboxylic acids is 1. The second-order valence-electron chi connectivity index (χ2n) is 5.67. The molecule has 1 aromatic carbocycles. The van der Waals surface area contributed by atoms with Gasteiger partial charge in [-0.3, -0.25) is 9.78 Å². The largest absolute Gasteiger partial charge is 0.470 e. The molecule has 5 heteroatoms. The minimum Gasteiger partial charge on any atom is -0.470 e. The van der Waals surface area contributed by atoms with Gasteiger partial charge >= 0.3 is 0 Å². The Hall–Kier alpha value is -2.63. The topological polar surface area (TPSA) is 51.2 Å². The van der Waals surface area contributed by atoms with Crippen molar-refractivity contribution >= 4 is 28.6 Å². The summed E-state index contributed by atoms with van der Waals surface area (Å²) in [5, 5.41) is 3.63. The van der Waals surface area contributed by atoms with Crippen LogP contribution in [-0.4, -0.2) is 28.1 Å². The number of nitrogens with one attached hydrogen (secondary N) is 1. The third kappa shape index (κ3) is 4.22. The fraction of sp³-hybridized carbons (Fsp3) is 0.263. The number of benzene rings is 1. The molecule has 1 unspecified atom stereocenters. The van der Waals surface area contributed by atoms with Crippen LogP contribution >= 0.6 is 11.8 Å². The van der Waals surface area contributed by atoms with Gasteiger partial charge in [0.1, 0.15) is 5.75 Å². The summed E-state index contributed by atoms with van der Waals surface area (Å²) in [4.78, 5) is 16.6. The zero-order valence-corrected chi connectivity index (χ0v) is 14.6. The molecule has 0 radical (unpaired) electrons. The van der Waals surface area contributed by atoms with E-state index in [9.17, 15) is 4.79 Å². The van der Waals surface area contributed by atoms with Gasteiger partial charge < -0.3 is 10.1 Å². The fourth-order valence-corrected chi connectivity index (χ4v) is 2.48. The van der Waals surface area contributed by atoms with Gasteiger partial charge in [-0.2, -0.15) is 0 Å². The minimum absolute atomic E-state index is 0.277. The molecular weight excluding hydrogens is 320 g/mol. The Labute approximate surface area is 146 Å². The first-order valence-corrected chi connectivity index (χ1v) is 8.53. The third-order valence-corrected chi connectivity index (χ3v) is 4.03. The molecule has 122 valence electrons. The molecule has 1 heterocycles. The van der Waals surface area contributed by atoms with Crippen molar-refractivity contribution in [1.29, 1.82) is 0 Å². The Morgan fingerprint density at radius 1 is 1.38 bits per heavy atom. The van der Waals surface area contributed by atoms with Crippen molar-refractivity contribution in [2.24, 2.45) is 0 Å². The highest BCUT2D eigenvalue weighted by Gasteiger charge is 2.25. The van der Waals surface area contributed by atoms with E-state index in [4.69, 9.17) is 17.6 Å². The van der Waals surface area contributed by atoms with Crippen LogP contribution in [0.5, 0.6) is 5.75 Å². The highest BCUT2D eigenvalue weighted by Crippen LogP contribution is 2.23. The number of pyridine rings is 1. The van der Waals surface area contributed by atoms with Gasteiger partial charge in [0.2, 0.25) is 5.44 Å². The van der Waals surface area contributed by atoms with Gasteiger partial charge in [0.05, 0.1) is 11.1 Å². The molecule has 0 aliphatic carbocycles. The summed E-state index contributed by atoms with van der Waals surface area (Å²) >= 11 is 1.29. The number of fused-ring (bicyclic) bond motifs is 1. The van der Waals surface area contributed by atoms with Crippen molar-refractivity contribution in [3.63, 3.8) is 0 Å². The van der Waals surface area contributed by atoms with Crippen LogP contribution in [0.1, 0.15) is 19.4 Å². The molecule has 1 atom stereocenters. The Morgan fingerprint density at radius 3 is 2.75 bits per heavy atom. The second-order valence-corrected chi connectivity index (χ2v) is 6.57. The van der Waals surface area contributed by atoms with E-state index < -0.39 is 11.0 Å². The Bertz CT molecular complexity index is 847. The number of nitrogens with zero attached hydrogens (tertiary/aromatic N) is 1. The number of hydrogen-bond acceptors (Lipinski definition) is 4. The molecule has 0 aliphatic rings. The average Bonchev–Trinajstić information content (AvgIpc) is 2.58. The minimum atomic E-state index is -0.733. The number of carbonyl (C=O) groups is 1. The molecule has 24 heavy (non-hydrogen) atoms. The lowest BCUT2D eigenvalue weighted by atomic mass is 10.1. The number of ether oxygens (including phenoxy) is 1. The smallest absolute Gasteiger partial charge is 0.272 e. The molecule has 2 aromatic rings. The van der Waals surface area contributed by atoms with Crippen LogP contribution in [0, 0.1) is 24.7 Å². The van der Waals surface area contributed by atoms with Crippen LogP contribution in [0.4, 0.5) is 0 Å². The lowest BCUT2D eigenvalue weighted by molar-refractivity contribution is -0.125. The van der Waals surface area contributed by atoms with E-state index in [1.54, 1.807) is 32.4 Å². The molecule has 1 amide bonds. The average molecular weight is 338 g/mol. The summed E-state index contributed by atoms with van der Waals surface area (Å²) in [7, 11) is 0. The molecule has 4 nitrogen and oxygen atoms in total. The summed E-state index contributed by atoms with van der Waals surface area (Å²) in [6.45, 7) is 3.51. The van der Waals surface area contributed by atoms with Crippen molar-refractivity contribution in [3.05, 3.63) is 36.0 Å². The Morgan fingerprint density at radius 2 is 2.12 bits per heavy atom. The lowest BCUT2D eigenvalue weighted by Crippen LogP contribution is -2.47. The first kappa shape index (κ1) is 17.7. The normalized spacial score (nSPS) is 12.0. The van der Waals surface area contributed by atoms with Crippen LogP contribution in [0.15, 0.2) is 30.5 Å². The van der Waals surface area contributed by atoms with E-state index in [-0.39, 0.29) is 5.91 Å². The summed E-state index contributed by atoms with van der Waals surface area (Å²) in [6.07, 6.45) is 14.2. The third-order valence-electron chi connectivity index (χ3n) is 3.29. The van der Waals surface area contributed by atoms with Crippen LogP contribution in [-0.2, 0) is 4.79 Å². The van der Waals surface area contributed by atoms with Crippen LogP contribution in [0.3, 0.4) is 0 Å². The number of hydrogen-bond donors (Lipinski definition) is 1. The molecule has 0 saturated heterocycles. The highest BCUT2D eigenvalue weighted by molar-refractivity contribution is 7.99. The summed E-state index contributed by atoms with van der Waals surface area (Å²) in [6, 6.07) is 7.26. The maximum Gasteiger partial charge on any atom is 0.272 e. The zero-order chi connectivity index (χ0) is 17.7. The first-order valence-electron chi connectivity index (χ1n) is 7.24. The van der Waals surface area contributed by atoms with E-state index in [0.29, 0.717) is 11.3 Å². The van der Waals surface area contributed by atoms with Crippen molar-refractivity contribution < 1.29 is 9.53 Å². The number of terminal acetylenes is 2. The number of aromatic nitrogens is 1. The molecule has 0 spiro atoms. The van der Waals surface area contributed by atoms with E-state index in [0.717, 1.165) is 10.9 Å². The number of thioether (sulfide) groups is 1. The Balaban J connectivity index is 2.22. The maximum atomic E-state index is 12.3. The van der Waals surface area contributed by atoms with E-state index in [1.807, 2.05) is 18.2 Å². The summed E-state index contributed by atoms with van der Waals surface area (Å²) in [5.74, 6) is 5.36. The van der Waals surface area contributed by atoms with Gasteiger partial charge in [-0.15, -0.1) is 24.6 Å². The van der Waals surface area contributed by atoms with Crippen molar-refractivity contribution in [2.45, 2.75) is 24.8 Å². The first-order chi connectivity index (χ1) is 11.4. The highest BCUT2D eigenvalue weighted by atomic mass is 32.2. The van der Waals surface area contributed by atoms with Gasteiger partial charge in [0.15, 0.2) is 0 Å². The van der Waals surface area contributed by atoms with Gasteiger partial charge in [0.25, 0.3) is 5.91 Å². The van der Waals surface area contributed by atoms with Gasteiger partial charge in [-0.05, 0) is 44.4 Å². The predicted molar refractivity (Wildman–Crippen MR) is 98.7 cm³/mol. The van der Waals surface area contributed by atoms with E-state index >= 15 is 0 Å². The molecule has 1 N–H and O–H groups in total. The van der Waals surface area contributed by atoms with Gasteiger partial charge in [0, 0.05) is 17.1 Å². The van der Waals surface area contributed by atoms with Gasteiger partial charge in [-0.25, -0.2) is 0 Å². The standard InChI is InChI=1S/C19H18N2O2S/c1-6-13-10-14-11-15(8-9-16(14)20-12-13)23-18(24-5)17(22)21-19(3,4)7-2/h1-2,8-12,18H,3-5H3,(H,21,22). The van der Waals surface area contributed by atoms with E-state index in [1.165, 1.54) is 11.8 Å². The van der Waals surface area contributed by atoms with Crippen LogP contribution in [0.25, 0.3) is 10.9 Å². The maximum absolute atomic E-state index is 12.3. The molecule has 0 saturated carbocycles. The van der Waals surface area contributed by atoms with Gasteiger partial charge in [-0.1, -0.05) is 11.8 Å². The van der Waals surface area contributed by atoms with Crippen LogP contribution in [0.2, 0.25) is 0 Å². The molecule has 0 aliphatic heterocycles. The summed E-state index contributed by atoms with van der Waals surface area (Å²) in [5.41, 5.74) is 0.0528. The Kier molecular flexibility index (Phi) is 5.39. The van der Waals surface area contributed by atoms with Crippen molar-refractivity contribution in [1.82, 2.24) is 10.3 Å². The van der Waals surface area contributed by atoms with Crippen LogP contribution < -0.4 is 10.1 Å². The fourth-order valence-electron chi connectivity index (χ4n) is 2.00. The SMILES string of the molecule is C#Cc1cnc2ccc(OC(SC)C(=O)NC(C)(C)C#C)cc2c1. The molecule has 2 rings (SSSR count). The number of amides is 1. The molecule has 0 fully saturated rings.